The Labute approximate surface area is 75.5 Å². The first kappa shape index (κ1) is 9.29. The van der Waals surface area contributed by atoms with Crippen LogP contribution in [0.25, 0.3) is 0 Å². The maximum atomic E-state index is 10.7. The molecule has 0 amide bonds. The summed E-state index contributed by atoms with van der Waals surface area (Å²) in [6.45, 7) is 1.70. The van der Waals surface area contributed by atoms with E-state index in [-0.39, 0.29) is 0 Å². The Morgan fingerprint density at radius 1 is 1.83 bits per heavy atom. The predicted molar refractivity (Wildman–Crippen MR) is 46.8 cm³/mol. The first-order chi connectivity index (χ1) is 5.45. The maximum Gasteiger partial charge on any atom is 0.314 e. The van der Waals surface area contributed by atoms with Gasteiger partial charge in [-0.05, 0) is 13.0 Å². The normalized spacial score (nSPS) is 34.6. The number of hydrogen-bond acceptors (Lipinski definition) is 2. The number of nitrogens with two attached hydrogens (primary N) is 1. The molecule has 0 aromatic heterocycles. The SMILES string of the molecule is CC1=CC=CC(N)(Cl)C1C(=O)O. The molecular weight excluding hydrogens is 178 g/mol. The second-order valence-corrected chi connectivity index (χ2v) is 3.52. The molecule has 0 saturated heterocycles. The van der Waals surface area contributed by atoms with E-state index < -0.39 is 16.9 Å². The Bertz CT molecular complexity index is 268. The van der Waals surface area contributed by atoms with Gasteiger partial charge in [0.05, 0.1) is 0 Å². The van der Waals surface area contributed by atoms with Crippen LogP contribution in [0.3, 0.4) is 0 Å². The predicted octanol–water partition coefficient (Wildman–Crippen LogP) is 1.10. The van der Waals surface area contributed by atoms with E-state index >= 15 is 0 Å². The average Bonchev–Trinajstić information content (AvgIpc) is 1.82. The van der Waals surface area contributed by atoms with Crippen LogP contribution in [0.15, 0.2) is 23.8 Å². The van der Waals surface area contributed by atoms with Gasteiger partial charge in [-0.1, -0.05) is 29.3 Å². The molecule has 1 rings (SSSR count). The number of carbonyl (C=O) groups is 1. The molecule has 66 valence electrons. The smallest absolute Gasteiger partial charge is 0.314 e. The molecule has 1 aliphatic rings. The van der Waals surface area contributed by atoms with Crippen LogP contribution in [0.1, 0.15) is 6.92 Å². The number of allylic oxidation sites excluding steroid dienone is 2. The van der Waals surface area contributed by atoms with Gasteiger partial charge >= 0.3 is 5.97 Å². The fourth-order valence-electron chi connectivity index (χ4n) is 1.27. The van der Waals surface area contributed by atoms with Crippen molar-refractivity contribution < 1.29 is 9.90 Å². The number of alkyl halides is 1. The summed E-state index contributed by atoms with van der Waals surface area (Å²) in [7, 11) is 0. The number of rotatable bonds is 1. The summed E-state index contributed by atoms with van der Waals surface area (Å²) in [5, 5.41) is 8.81. The lowest BCUT2D eigenvalue weighted by Gasteiger charge is -2.28. The summed E-state index contributed by atoms with van der Waals surface area (Å²) in [6.07, 6.45) is 4.86. The topological polar surface area (TPSA) is 63.3 Å². The molecule has 0 heterocycles. The third kappa shape index (κ3) is 1.52. The molecule has 0 bridgehead atoms. The Morgan fingerprint density at radius 2 is 2.42 bits per heavy atom. The summed E-state index contributed by atoms with van der Waals surface area (Å²) in [5.74, 6) is -1.82. The van der Waals surface area contributed by atoms with Crippen LogP contribution in [0.2, 0.25) is 0 Å². The number of carboxylic acid groups (broad SMARTS) is 1. The maximum absolute atomic E-state index is 10.7. The van der Waals surface area contributed by atoms with Gasteiger partial charge in [0.25, 0.3) is 0 Å². The number of carboxylic acids is 1. The fraction of sp³-hybridized carbons (Fsp3) is 0.375. The largest absolute Gasteiger partial charge is 0.481 e. The molecule has 12 heavy (non-hydrogen) atoms. The molecule has 0 radical (unpaired) electrons. The second kappa shape index (κ2) is 2.92. The minimum absolute atomic E-state index is 0.669. The van der Waals surface area contributed by atoms with Gasteiger partial charge in [-0.15, -0.1) is 0 Å². The van der Waals surface area contributed by atoms with E-state index in [1.807, 2.05) is 0 Å². The van der Waals surface area contributed by atoms with Gasteiger partial charge in [0.2, 0.25) is 0 Å². The molecule has 4 heteroatoms. The third-order valence-corrected chi connectivity index (χ3v) is 2.20. The molecule has 0 aliphatic heterocycles. The highest BCUT2D eigenvalue weighted by Gasteiger charge is 2.38. The highest BCUT2D eigenvalue weighted by atomic mass is 35.5. The van der Waals surface area contributed by atoms with Crippen molar-refractivity contribution in [2.45, 2.75) is 11.9 Å². The van der Waals surface area contributed by atoms with E-state index in [9.17, 15) is 4.79 Å². The van der Waals surface area contributed by atoms with E-state index in [4.69, 9.17) is 22.4 Å². The lowest BCUT2D eigenvalue weighted by Crippen LogP contribution is -2.45. The zero-order valence-electron chi connectivity index (χ0n) is 6.62. The van der Waals surface area contributed by atoms with Gasteiger partial charge in [-0.25, -0.2) is 0 Å². The molecular formula is C8H10ClNO2. The van der Waals surface area contributed by atoms with Gasteiger partial charge < -0.3 is 10.8 Å². The standard InChI is InChI=1S/C8H10ClNO2/c1-5-3-2-4-8(9,10)6(5)7(11)12/h2-4,6H,10H2,1H3,(H,11,12). The third-order valence-electron chi connectivity index (χ3n) is 1.86. The molecule has 0 aromatic carbocycles. The summed E-state index contributed by atoms with van der Waals surface area (Å²) < 4.78 is 0. The van der Waals surface area contributed by atoms with Crippen molar-refractivity contribution >= 4 is 17.6 Å². The van der Waals surface area contributed by atoms with Crippen molar-refractivity contribution in [2.24, 2.45) is 11.7 Å². The fourth-order valence-corrected chi connectivity index (χ4v) is 1.61. The van der Waals surface area contributed by atoms with Crippen LogP contribution in [0.4, 0.5) is 0 Å². The highest BCUT2D eigenvalue weighted by molar-refractivity contribution is 6.26. The molecule has 0 aromatic rings. The molecule has 0 spiro atoms. The van der Waals surface area contributed by atoms with Gasteiger partial charge in [-0.3, -0.25) is 4.79 Å². The van der Waals surface area contributed by atoms with Crippen LogP contribution in [0, 0.1) is 5.92 Å². The van der Waals surface area contributed by atoms with E-state index in [0.29, 0.717) is 5.57 Å². The van der Waals surface area contributed by atoms with Gasteiger partial charge in [0.1, 0.15) is 10.9 Å². The summed E-state index contributed by atoms with van der Waals surface area (Å²) in [5.41, 5.74) is 6.24. The lowest BCUT2D eigenvalue weighted by atomic mass is 9.88. The quantitative estimate of drug-likeness (QED) is 0.477. The monoisotopic (exact) mass is 187 g/mol. The minimum atomic E-state index is -1.29. The molecule has 0 saturated carbocycles. The number of hydrogen-bond donors (Lipinski definition) is 2. The van der Waals surface area contributed by atoms with Crippen LogP contribution in [-0.4, -0.2) is 16.1 Å². The molecule has 2 atom stereocenters. The second-order valence-electron chi connectivity index (χ2n) is 2.87. The number of aliphatic carboxylic acids is 1. The molecule has 2 unspecified atom stereocenters. The van der Waals surface area contributed by atoms with Crippen molar-refractivity contribution in [1.29, 1.82) is 0 Å². The summed E-state index contributed by atoms with van der Waals surface area (Å²) in [6, 6.07) is 0. The average molecular weight is 188 g/mol. The van der Waals surface area contributed by atoms with E-state index in [1.165, 1.54) is 6.08 Å². The summed E-state index contributed by atoms with van der Waals surface area (Å²) >= 11 is 5.80. The van der Waals surface area contributed by atoms with Crippen molar-refractivity contribution in [3.05, 3.63) is 23.8 Å². The Kier molecular flexibility index (Phi) is 2.26. The Balaban J connectivity index is 3.03. The van der Waals surface area contributed by atoms with Crippen LogP contribution in [0.5, 0.6) is 0 Å². The summed E-state index contributed by atoms with van der Waals surface area (Å²) in [4.78, 5) is 9.45. The highest BCUT2D eigenvalue weighted by Crippen LogP contribution is 2.31. The number of halogens is 1. The zero-order valence-corrected chi connectivity index (χ0v) is 7.38. The van der Waals surface area contributed by atoms with Gasteiger partial charge in [0, 0.05) is 0 Å². The van der Waals surface area contributed by atoms with Crippen molar-refractivity contribution in [3.8, 4) is 0 Å². The first-order valence-corrected chi connectivity index (χ1v) is 3.89. The van der Waals surface area contributed by atoms with E-state index in [2.05, 4.69) is 0 Å². The van der Waals surface area contributed by atoms with Crippen molar-refractivity contribution in [2.75, 3.05) is 0 Å². The van der Waals surface area contributed by atoms with E-state index in [0.717, 1.165) is 0 Å². The van der Waals surface area contributed by atoms with Gasteiger partial charge in [-0.2, -0.15) is 0 Å². The van der Waals surface area contributed by atoms with E-state index in [1.54, 1.807) is 19.1 Å². The molecule has 3 N–H and O–H groups in total. The van der Waals surface area contributed by atoms with Crippen LogP contribution < -0.4 is 5.73 Å². The van der Waals surface area contributed by atoms with Crippen molar-refractivity contribution in [1.82, 2.24) is 0 Å². The van der Waals surface area contributed by atoms with Crippen LogP contribution in [-0.2, 0) is 4.79 Å². The van der Waals surface area contributed by atoms with Gasteiger partial charge in [0.15, 0.2) is 0 Å². The lowest BCUT2D eigenvalue weighted by molar-refractivity contribution is -0.141. The molecule has 0 fully saturated rings. The van der Waals surface area contributed by atoms with Crippen molar-refractivity contribution in [3.63, 3.8) is 0 Å². The Morgan fingerprint density at radius 3 is 2.75 bits per heavy atom. The first-order valence-electron chi connectivity index (χ1n) is 3.52. The van der Waals surface area contributed by atoms with Crippen LogP contribution >= 0.6 is 11.6 Å². The minimum Gasteiger partial charge on any atom is -0.481 e. The molecule has 1 aliphatic carbocycles. The molecule has 3 nitrogen and oxygen atoms in total. The zero-order chi connectivity index (χ0) is 9.35. The Hall–Kier alpha value is -0.800.